The molecular weight excluding hydrogens is 252 g/mol. The first kappa shape index (κ1) is 17.9. The second kappa shape index (κ2) is 12.5. The van der Waals surface area contributed by atoms with E-state index in [-0.39, 0.29) is 0 Å². The second-order valence-corrected chi connectivity index (χ2v) is 5.75. The van der Waals surface area contributed by atoms with Crippen LogP contribution in [0.1, 0.15) is 44.9 Å². The average Bonchev–Trinajstić information content (AvgIpc) is 2.47. The molecule has 0 aliphatic carbocycles. The van der Waals surface area contributed by atoms with E-state index in [2.05, 4.69) is 4.90 Å². The number of morpholine rings is 1. The minimum atomic E-state index is 0.833. The summed E-state index contributed by atoms with van der Waals surface area (Å²) in [5.41, 5.74) is 5.48. The van der Waals surface area contributed by atoms with Gasteiger partial charge in [0.05, 0.1) is 13.2 Å². The Labute approximate surface area is 124 Å². The molecule has 1 aliphatic heterocycles. The largest absolute Gasteiger partial charge is 0.379 e. The zero-order valence-electron chi connectivity index (χ0n) is 13.1. The van der Waals surface area contributed by atoms with Crippen molar-refractivity contribution < 1.29 is 4.74 Å². The van der Waals surface area contributed by atoms with E-state index in [0.29, 0.717) is 0 Å². The Balaban J connectivity index is 1.83. The first-order valence-corrected chi connectivity index (χ1v) is 8.32. The molecule has 120 valence electrons. The van der Waals surface area contributed by atoms with Gasteiger partial charge in [0.1, 0.15) is 0 Å². The summed E-state index contributed by atoms with van der Waals surface area (Å²) in [6.45, 7) is 7.94. The minimum absolute atomic E-state index is 0.833. The Morgan fingerprint density at radius 3 is 2.15 bits per heavy atom. The molecule has 0 aromatic heterocycles. The fourth-order valence-electron chi connectivity index (χ4n) is 2.60. The molecule has 0 unspecified atom stereocenters. The van der Waals surface area contributed by atoms with Gasteiger partial charge in [-0.2, -0.15) is 0 Å². The summed E-state index contributed by atoms with van der Waals surface area (Å²) in [5, 5.41) is 1.99. The van der Waals surface area contributed by atoms with Crippen molar-refractivity contribution in [2.24, 2.45) is 11.6 Å². The molecule has 0 atom stereocenters. The van der Waals surface area contributed by atoms with Crippen LogP contribution in [0.25, 0.3) is 0 Å². The van der Waals surface area contributed by atoms with E-state index in [1.165, 1.54) is 38.5 Å². The van der Waals surface area contributed by atoms with Gasteiger partial charge in [-0.1, -0.05) is 25.7 Å². The molecule has 20 heavy (non-hydrogen) atoms. The number of hydrazine groups is 1. The molecule has 1 rings (SSSR count). The molecule has 5 nitrogen and oxygen atoms in total. The van der Waals surface area contributed by atoms with Gasteiger partial charge >= 0.3 is 0 Å². The smallest absolute Gasteiger partial charge is 0.0594 e. The molecule has 1 aliphatic rings. The zero-order valence-corrected chi connectivity index (χ0v) is 13.1. The maximum absolute atomic E-state index is 6.03. The fourth-order valence-corrected chi connectivity index (χ4v) is 2.60. The topological polar surface area (TPSA) is 67.8 Å². The summed E-state index contributed by atoms with van der Waals surface area (Å²) in [5.74, 6) is 6.03. The minimum Gasteiger partial charge on any atom is -0.379 e. The number of hydrogen-bond acceptors (Lipinski definition) is 5. The van der Waals surface area contributed by atoms with Gasteiger partial charge in [-0.15, -0.1) is 0 Å². The van der Waals surface area contributed by atoms with Gasteiger partial charge in [0.15, 0.2) is 0 Å². The highest BCUT2D eigenvalue weighted by Crippen LogP contribution is 2.05. The Bertz CT molecular complexity index is 210. The van der Waals surface area contributed by atoms with Gasteiger partial charge in [0, 0.05) is 26.2 Å². The molecule has 0 spiro atoms. The molecule has 0 radical (unpaired) electrons. The second-order valence-electron chi connectivity index (χ2n) is 5.75. The van der Waals surface area contributed by atoms with Crippen LogP contribution in [0.2, 0.25) is 0 Å². The van der Waals surface area contributed by atoms with Crippen molar-refractivity contribution in [2.75, 3.05) is 52.5 Å². The van der Waals surface area contributed by atoms with E-state index in [1.54, 1.807) is 0 Å². The van der Waals surface area contributed by atoms with Crippen LogP contribution in [0.3, 0.4) is 0 Å². The predicted molar refractivity (Wildman–Crippen MR) is 84.4 cm³/mol. The zero-order chi connectivity index (χ0) is 14.5. The molecule has 0 saturated carbocycles. The van der Waals surface area contributed by atoms with Crippen LogP contribution in [0, 0.1) is 0 Å². The molecule has 0 aromatic rings. The standard InChI is InChI=1S/C15H34N4O/c16-8-5-3-1-2-4-6-10-19(17)11-7-9-18-12-14-20-15-13-18/h1-17H2. The summed E-state index contributed by atoms with van der Waals surface area (Å²) in [4.78, 5) is 2.47. The van der Waals surface area contributed by atoms with Crippen LogP contribution in [0.5, 0.6) is 0 Å². The Kier molecular flexibility index (Phi) is 11.2. The van der Waals surface area contributed by atoms with Gasteiger partial charge in [0.2, 0.25) is 0 Å². The quantitative estimate of drug-likeness (QED) is 0.320. The number of nitrogens with two attached hydrogens (primary N) is 2. The van der Waals surface area contributed by atoms with Gasteiger partial charge in [0.25, 0.3) is 0 Å². The maximum atomic E-state index is 6.03. The Morgan fingerprint density at radius 2 is 1.45 bits per heavy atom. The van der Waals surface area contributed by atoms with Crippen LogP contribution < -0.4 is 11.6 Å². The van der Waals surface area contributed by atoms with Gasteiger partial charge in [-0.05, 0) is 32.4 Å². The third kappa shape index (κ3) is 9.66. The maximum Gasteiger partial charge on any atom is 0.0594 e. The van der Waals surface area contributed by atoms with Crippen molar-refractivity contribution in [2.45, 2.75) is 44.9 Å². The van der Waals surface area contributed by atoms with Crippen molar-refractivity contribution >= 4 is 0 Å². The molecule has 1 saturated heterocycles. The SMILES string of the molecule is NCCCCCCCCN(N)CCCN1CCOCC1. The van der Waals surface area contributed by atoms with Crippen LogP contribution >= 0.6 is 0 Å². The molecule has 0 amide bonds. The predicted octanol–water partition coefficient (Wildman–Crippen LogP) is 1.18. The highest BCUT2D eigenvalue weighted by molar-refractivity contribution is 4.62. The van der Waals surface area contributed by atoms with Crippen molar-refractivity contribution in [3.63, 3.8) is 0 Å². The average molecular weight is 286 g/mol. The normalized spacial score (nSPS) is 16.9. The Hall–Kier alpha value is -0.200. The number of hydrogen-bond donors (Lipinski definition) is 2. The first-order chi connectivity index (χ1) is 9.83. The van der Waals surface area contributed by atoms with Crippen LogP contribution in [0.4, 0.5) is 0 Å². The number of ether oxygens (including phenoxy) is 1. The van der Waals surface area contributed by atoms with Crippen molar-refractivity contribution in [3.05, 3.63) is 0 Å². The lowest BCUT2D eigenvalue weighted by atomic mass is 10.1. The van der Waals surface area contributed by atoms with E-state index >= 15 is 0 Å². The summed E-state index contributed by atoms with van der Waals surface area (Å²) in [7, 11) is 0. The first-order valence-electron chi connectivity index (χ1n) is 8.32. The highest BCUT2D eigenvalue weighted by Gasteiger charge is 2.09. The van der Waals surface area contributed by atoms with Crippen LogP contribution in [-0.4, -0.2) is 62.4 Å². The van der Waals surface area contributed by atoms with Crippen LogP contribution in [0.15, 0.2) is 0 Å². The number of rotatable bonds is 12. The molecule has 5 heteroatoms. The van der Waals surface area contributed by atoms with Crippen molar-refractivity contribution in [1.29, 1.82) is 0 Å². The van der Waals surface area contributed by atoms with Gasteiger partial charge in [-0.3, -0.25) is 10.7 Å². The third-order valence-corrected chi connectivity index (χ3v) is 3.92. The van der Waals surface area contributed by atoms with Gasteiger partial charge in [-0.25, -0.2) is 5.01 Å². The van der Waals surface area contributed by atoms with Gasteiger partial charge < -0.3 is 10.5 Å². The lowest BCUT2D eigenvalue weighted by Gasteiger charge is -2.27. The lowest BCUT2D eigenvalue weighted by molar-refractivity contribution is 0.0361. The van der Waals surface area contributed by atoms with Crippen molar-refractivity contribution in [3.8, 4) is 0 Å². The van der Waals surface area contributed by atoms with E-state index < -0.39 is 0 Å². The molecule has 4 N–H and O–H groups in total. The summed E-state index contributed by atoms with van der Waals surface area (Å²) in [6.07, 6.45) is 8.76. The molecule has 1 heterocycles. The summed E-state index contributed by atoms with van der Waals surface area (Å²) >= 11 is 0. The van der Waals surface area contributed by atoms with E-state index in [4.69, 9.17) is 16.3 Å². The van der Waals surface area contributed by atoms with Crippen LogP contribution in [-0.2, 0) is 4.74 Å². The summed E-state index contributed by atoms with van der Waals surface area (Å²) < 4.78 is 5.34. The number of nitrogens with zero attached hydrogens (tertiary/aromatic N) is 2. The highest BCUT2D eigenvalue weighted by atomic mass is 16.5. The Morgan fingerprint density at radius 1 is 0.850 bits per heavy atom. The van der Waals surface area contributed by atoms with E-state index in [9.17, 15) is 0 Å². The molecule has 0 aromatic carbocycles. The van der Waals surface area contributed by atoms with E-state index in [1.807, 2.05) is 5.01 Å². The monoisotopic (exact) mass is 286 g/mol. The molecular formula is C15H34N4O. The third-order valence-electron chi connectivity index (χ3n) is 3.92. The fraction of sp³-hybridized carbons (Fsp3) is 1.00. The summed E-state index contributed by atoms with van der Waals surface area (Å²) in [6, 6.07) is 0. The lowest BCUT2D eigenvalue weighted by Crippen LogP contribution is -2.39. The molecule has 0 bridgehead atoms. The molecule has 1 fully saturated rings. The van der Waals surface area contributed by atoms with Crippen molar-refractivity contribution in [1.82, 2.24) is 9.91 Å². The number of unbranched alkanes of at least 4 members (excludes halogenated alkanes) is 5. The van der Waals surface area contributed by atoms with E-state index in [0.717, 1.165) is 58.9 Å².